The van der Waals surface area contributed by atoms with Crippen molar-refractivity contribution in [3.8, 4) is 5.75 Å². The minimum Gasteiger partial charge on any atom is -0.507 e. The van der Waals surface area contributed by atoms with Crippen LogP contribution in [0, 0.1) is 0 Å². The second-order valence-corrected chi connectivity index (χ2v) is 8.44. The van der Waals surface area contributed by atoms with E-state index < -0.39 is 12.3 Å². The summed E-state index contributed by atoms with van der Waals surface area (Å²) in [6, 6.07) is 10.7. The minimum absolute atomic E-state index is 0.0887. The average Bonchev–Trinajstić information content (AvgIpc) is 2.50. The molecule has 1 N–H and O–H groups in total. The summed E-state index contributed by atoms with van der Waals surface area (Å²) in [4.78, 5) is 12.2. The molecule has 130 valence electrons. The number of rotatable bonds is 6. The van der Waals surface area contributed by atoms with Crippen LogP contribution >= 0.6 is 11.8 Å². The molecule has 2 rings (SSSR count). The first-order valence-electron chi connectivity index (χ1n) is 7.94. The molecular weight excluding hydrogens is 324 g/mol. The largest absolute Gasteiger partial charge is 0.507 e. The summed E-state index contributed by atoms with van der Waals surface area (Å²) in [6.45, 7) is 8.61. The third-order valence-corrected chi connectivity index (χ3v) is 4.56. The van der Waals surface area contributed by atoms with Crippen molar-refractivity contribution < 1.29 is 19.4 Å². The molecule has 5 heteroatoms. The summed E-state index contributed by atoms with van der Waals surface area (Å²) in [6.07, 6.45) is -0.663. The molecule has 0 bridgehead atoms. The Morgan fingerprint density at radius 3 is 2.46 bits per heavy atom. The highest BCUT2D eigenvalue weighted by Gasteiger charge is 2.17. The van der Waals surface area contributed by atoms with Crippen molar-refractivity contribution in [3.05, 3.63) is 42.0 Å². The maximum Gasteiger partial charge on any atom is 0.344 e. The highest BCUT2D eigenvalue weighted by Crippen LogP contribution is 2.26. The minimum atomic E-state index is -0.663. The first-order valence-corrected chi connectivity index (χ1v) is 8.93. The number of ether oxygens (including phenoxy) is 2. The van der Waals surface area contributed by atoms with Crippen molar-refractivity contribution >= 4 is 28.5 Å². The Bertz CT molecular complexity index is 706. The highest BCUT2D eigenvalue weighted by molar-refractivity contribution is 8.00. The molecule has 0 aromatic heterocycles. The second kappa shape index (κ2) is 7.90. The first-order chi connectivity index (χ1) is 11.3. The van der Waals surface area contributed by atoms with Crippen LogP contribution < -0.4 is 0 Å². The van der Waals surface area contributed by atoms with Crippen LogP contribution in [0.15, 0.2) is 36.4 Å². The average molecular weight is 348 g/mol. The van der Waals surface area contributed by atoms with Crippen LogP contribution in [0.2, 0.25) is 0 Å². The van der Waals surface area contributed by atoms with E-state index in [1.54, 1.807) is 30.8 Å². The van der Waals surface area contributed by atoms with Crippen molar-refractivity contribution in [2.24, 2.45) is 0 Å². The van der Waals surface area contributed by atoms with Gasteiger partial charge in [-0.05, 0) is 29.8 Å². The molecule has 2 aromatic carbocycles. The third kappa shape index (κ3) is 5.42. The number of hydrogen-bond acceptors (Lipinski definition) is 5. The molecular formula is C19H24O4S. The van der Waals surface area contributed by atoms with Crippen LogP contribution in [0.3, 0.4) is 0 Å². The predicted octanol–water partition coefficient (Wildman–Crippen LogP) is 4.60. The van der Waals surface area contributed by atoms with Gasteiger partial charge in [0.2, 0.25) is 6.29 Å². The Morgan fingerprint density at radius 2 is 1.83 bits per heavy atom. The van der Waals surface area contributed by atoms with Gasteiger partial charge in [-0.2, -0.15) is 11.8 Å². The van der Waals surface area contributed by atoms with Crippen LogP contribution in [0.1, 0.15) is 38.1 Å². The normalized spacial score (nSPS) is 13.0. The molecule has 2 aromatic rings. The number of phenols is 1. The van der Waals surface area contributed by atoms with Crippen LogP contribution in [0.5, 0.6) is 5.75 Å². The van der Waals surface area contributed by atoms with Crippen LogP contribution in [0.25, 0.3) is 10.8 Å². The van der Waals surface area contributed by atoms with Crippen molar-refractivity contribution in [1.29, 1.82) is 0 Å². The standard InChI is InChI=1S/C19H24O4S/c1-13(22-9-10-24-19(2,3)4)23-18(21)16-11-14-7-5-6-8-15(14)12-17(16)20/h5-8,11-13,20H,9-10H2,1-4H3. The van der Waals surface area contributed by atoms with Gasteiger partial charge in [0.25, 0.3) is 0 Å². The fraction of sp³-hybridized carbons (Fsp3) is 0.421. The first kappa shape index (κ1) is 18.6. The molecule has 1 atom stereocenters. The van der Waals surface area contributed by atoms with Crippen LogP contribution in [0.4, 0.5) is 0 Å². The van der Waals surface area contributed by atoms with E-state index in [1.165, 1.54) is 0 Å². The lowest BCUT2D eigenvalue weighted by atomic mass is 10.1. The fourth-order valence-electron chi connectivity index (χ4n) is 2.20. The lowest BCUT2D eigenvalue weighted by Crippen LogP contribution is -2.20. The lowest BCUT2D eigenvalue weighted by Gasteiger charge is -2.19. The summed E-state index contributed by atoms with van der Waals surface area (Å²) in [5.41, 5.74) is 0.146. The fourth-order valence-corrected chi connectivity index (χ4v) is 2.99. The molecule has 0 radical (unpaired) electrons. The van der Waals surface area contributed by atoms with Crippen LogP contribution in [-0.4, -0.2) is 34.5 Å². The molecule has 0 fully saturated rings. The maximum absolute atomic E-state index is 12.2. The zero-order valence-corrected chi connectivity index (χ0v) is 15.4. The molecule has 0 aliphatic rings. The van der Waals surface area contributed by atoms with Crippen LogP contribution in [-0.2, 0) is 9.47 Å². The maximum atomic E-state index is 12.2. The summed E-state index contributed by atoms with van der Waals surface area (Å²) < 4.78 is 11.0. The van der Waals surface area contributed by atoms with Gasteiger partial charge in [-0.15, -0.1) is 0 Å². The molecule has 0 saturated heterocycles. The van der Waals surface area contributed by atoms with E-state index in [1.807, 2.05) is 24.3 Å². The van der Waals surface area contributed by atoms with Gasteiger partial charge in [-0.1, -0.05) is 45.0 Å². The number of benzene rings is 2. The number of aromatic hydroxyl groups is 1. The molecule has 24 heavy (non-hydrogen) atoms. The topological polar surface area (TPSA) is 55.8 Å². The van der Waals surface area contributed by atoms with Crippen molar-refractivity contribution in [2.45, 2.75) is 38.7 Å². The monoisotopic (exact) mass is 348 g/mol. The van der Waals surface area contributed by atoms with Crippen molar-refractivity contribution in [2.75, 3.05) is 12.4 Å². The molecule has 0 spiro atoms. The number of fused-ring (bicyclic) bond motifs is 1. The lowest BCUT2D eigenvalue weighted by molar-refractivity contribution is -0.0933. The molecule has 0 amide bonds. The van der Waals surface area contributed by atoms with E-state index in [4.69, 9.17) is 9.47 Å². The van der Waals surface area contributed by atoms with E-state index in [2.05, 4.69) is 20.8 Å². The number of phenolic OH excluding ortho intramolecular Hbond substituents is 1. The zero-order valence-electron chi connectivity index (χ0n) is 14.5. The Morgan fingerprint density at radius 1 is 1.21 bits per heavy atom. The van der Waals surface area contributed by atoms with E-state index in [0.717, 1.165) is 16.5 Å². The van der Waals surface area contributed by atoms with Gasteiger partial charge in [0, 0.05) is 10.5 Å². The molecule has 0 aliphatic carbocycles. The summed E-state index contributed by atoms with van der Waals surface area (Å²) >= 11 is 1.79. The van der Waals surface area contributed by atoms with E-state index in [0.29, 0.717) is 6.61 Å². The van der Waals surface area contributed by atoms with Gasteiger partial charge in [0.15, 0.2) is 0 Å². The quantitative estimate of drug-likeness (QED) is 0.470. The number of thioether (sulfide) groups is 1. The van der Waals surface area contributed by atoms with Gasteiger partial charge in [-0.3, -0.25) is 0 Å². The van der Waals surface area contributed by atoms with Gasteiger partial charge >= 0.3 is 5.97 Å². The van der Waals surface area contributed by atoms with Gasteiger partial charge < -0.3 is 14.6 Å². The smallest absolute Gasteiger partial charge is 0.344 e. The van der Waals surface area contributed by atoms with E-state index in [-0.39, 0.29) is 16.1 Å². The van der Waals surface area contributed by atoms with E-state index in [9.17, 15) is 9.90 Å². The predicted molar refractivity (Wildman–Crippen MR) is 98.7 cm³/mol. The van der Waals surface area contributed by atoms with Gasteiger partial charge in [-0.25, -0.2) is 4.79 Å². The van der Waals surface area contributed by atoms with Crippen molar-refractivity contribution in [1.82, 2.24) is 0 Å². The molecule has 0 aliphatic heterocycles. The van der Waals surface area contributed by atoms with E-state index >= 15 is 0 Å². The number of carbonyl (C=O) groups is 1. The molecule has 0 heterocycles. The number of carbonyl (C=O) groups excluding carboxylic acids is 1. The molecule has 0 saturated carbocycles. The Kier molecular flexibility index (Phi) is 6.13. The third-order valence-electron chi connectivity index (χ3n) is 3.33. The summed E-state index contributed by atoms with van der Waals surface area (Å²) in [5, 5.41) is 11.8. The zero-order chi connectivity index (χ0) is 17.7. The number of hydrogen-bond donors (Lipinski definition) is 1. The Balaban J connectivity index is 1.93. The number of esters is 1. The Labute approximate surface area is 147 Å². The second-order valence-electron chi connectivity index (χ2n) is 6.52. The van der Waals surface area contributed by atoms with Gasteiger partial charge in [0.1, 0.15) is 11.3 Å². The van der Waals surface area contributed by atoms with Gasteiger partial charge in [0.05, 0.1) is 6.61 Å². The summed E-state index contributed by atoms with van der Waals surface area (Å²) in [7, 11) is 0. The SMILES string of the molecule is CC(OCCSC(C)(C)C)OC(=O)c1cc2ccccc2cc1O. The highest BCUT2D eigenvalue weighted by atomic mass is 32.2. The summed E-state index contributed by atoms with van der Waals surface area (Å²) in [5.74, 6) is 0.149. The molecule has 4 nitrogen and oxygen atoms in total. The van der Waals surface area contributed by atoms with Crippen molar-refractivity contribution in [3.63, 3.8) is 0 Å². The molecule has 1 unspecified atom stereocenters. The Hall–Kier alpha value is -1.72.